The van der Waals surface area contributed by atoms with Crippen molar-refractivity contribution >= 4 is 96.2 Å². The molecular weight excluding hydrogens is 1280 g/mol. The molecule has 2 unspecified atom stereocenters. The number of likely N-dealkylation sites (N-methyl/N-ethyl adjacent to an activating group) is 2. The molecule has 6 rings (SSSR count). The van der Waals surface area contributed by atoms with Gasteiger partial charge in [0, 0.05) is 63.8 Å². The molecule has 4 aromatic rings. The third-order valence-corrected chi connectivity index (χ3v) is 10.4. The largest absolute Gasteiger partial charge is 1.00 e. The Balaban J connectivity index is 0.000000986. The van der Waals surface area contributed by atoms with Gasteiger partial charge in [-0.3, -0.25) is 38.2 Å². The van der Waals surface area contributed by atoms with Crippen LogP contribution in [0.3, 0.4) is 0 Å². The number of carbonyl (C=O) groups excluding carboxylic acids is 5. The number of nitrogens with two attached hydrogens (primary N) is 2. The van der Waals surface area contributed by atoms with E-state index in [9.17, 15) is 28.0 Å². The number of H-pyrrole nitrogens is 1. The summed E-state index contributed by atoms with van der Waals surface area (Å²) in [5.41, 5.74) is 12.4. The second-order valence-corrected chi connectivity index (χ2v) is 15.4. The Labute approximate surface area is 501 Å². The van der Waals surface area contributed by atoms with E-state index in [0.717, 1.165) is 8.95 Å². The summed E-state index contributed by atoms with van der Waals surface area (Å²) in [5, 5.41) is 8.43. The number of ketones is 2. The molecule has 0 saturated carbocycles. The molecule has 0 spiro atoms. The normalized spacial score (nSPS) is 17.5. The first-order valence-corrected chi connectivity index (χ1v) is 20.8. The van der Waals surface area contributed by atoms with E-state index in [1.54, 1.807) is 70.7 Å². The third kappa shape index (κ3) is 13.7. The number of nitrogens with one attached hydrogen (secondary N) is 1. The molecule has 2 atom stereocenters. The van der Waals surface area contributed by atoms with Crippen LogP contribution >= 0.6 is 54.5 Å². The minimum Gasteiger partial charge on any atom is -1.00 e. The smallest absolute Gasteiger partial charge is 1.00 e. The fourth-order valence-corrected chi connectivity index (χ4v) is 6.95. The molecule has 15 nitrogen and oxygen atoms in total. The van der Waals surface area contributed by atoms with Gasteiger partial charge < -0.3 is 32.6 Å². The number of guanidine groups is 2. The molecule has 318 valence electrons. The molecule has 0 radical (unpaired) electrons. The SMILES string of the molecule is CCC(=O)c1cc(C2(c3cccc(Br)c3)N=C(N)N(C)C2=O)c[nH]1.CCC(=O)c1cc(C2(c3cccc(Br)c3)N=C(N)N(C)C2=O)cn1CCF.FCCI.O=CO[O-].[Cs+].[Cs+].[H-]. The summed E-state index contributed by atoms with van der Waals surface area (Å²) in [6.45, 7) is 2.56. The molecule has 0 aliphatic carbocycles. The van der Waals surface area contributed by atoms with E-state index in [1.807, 2.05) is 52.9 Å². The van der Waals surface area contributed by atoms with Crippen LogP contribution in [-0.2, 0) is 36.9 Å². The fourth-order valence-electron chi connectivity index (χ4n) is 6.15. The number of aryl methyl sites for hydroxylation is 1. The number of aromatic amines is 1. The molecule has 0 saturated heterocycles. The Morgan fingerprint density at radius 3 is 1.67 bits per heavy atom. The van der Waals surface area contributed by atoms with Crippen molar-refractivity contribution in [3.05, 3.63) is 116 Å². The van der Waals surface area contributed by atoms with E-state index in [0.29, 0.717) is 44.5 Å². The number of aliphatic imine (C=N–C) groups is 2. The number of carbonyl (C=O) groups is 5. The molecule has 2 aliphatic heterocycles. The Hall–Kier alpha value is -0.696. The Bertz CT molecular complexity index is 2240. The van der Waals surface area contributed by atoms with Crippen LogP contribution in [0.25, 0.3) is 0 Å². The van der Waals surface area contributed by atoms with Crippen LogP contribution in [0, 0.1) is 0 Å². The van der Waals surface area contributed by atoms with Crippen LogP contribution in [0.5, 0.6) is 0 Å². The summed E-state index contributed by atoms with van der Waals surface area (Å²) in [6, 6.07) is 17.9. The van der Waals surface area contributed by atoms with E-state index in [-0.39, 0.29) is 201 Å². The molecule has 22 heteroatoms. The standard InChI is InChI=1S/C19H20BrFN4O2.C17H17BrN4O2.C2H4FI.CH2O3.2Cs.H/c1-3-16(26)15-10-13(11-25(15)8-7-21)19(12-5-4-6-14(20)9-12)17(27)24(2)18(22)23-19;1-3-14(23)13-8-11(9-20-13)17(10-5-4-6-12(18)7-10)15(24)22(2)16(19)21-17;3-1-2-4;2-1-4-3;;;/h4-6,9-11H,3,7-8H2,1-2H3,(H2,22,23);4-9,20H,3H2,1-2H3,(H2,19,21);1-2H2;1,3H;;;/q;;;;2*+1;-1/p-1. The molecule has 4 heterocycles. The van der Waals surface area contributed by atoms with Crippen molar-refractivity contribution in [1.82, 2.24) is 19.4 Å². The molecule has 0 fully saturated rings. The predicted octanol–water partition coefficient (Wildman–Crippen LogP) is -0.811. The van der Waals surface area contributed by atoms with Gasteiger partial charge in [-0.15, -0.1) is 0 Å². The monoisotopic (exact) mass is 1320 g/mol. The third-order valence-electron chi connectivity index (χ3n) is 9.04. The Morgan fingerprint density at radius 2 is 1.31 bits per heavy atom. The maximum Gasteiger partial charge on any atom is 1.00 e. The van der Waals surface area contributed by atoms with Crippen molar-refractivity contribution < 1.29 is 182 Å². The first-order chi connectivity index (χ1) is 28.1. The van der Waals surface area contributed by atoms with Crippen molar-refractivity contribution in [1.29, 1.82) is 0 Å². The maximum absolute atomic E-state index is 13.2. The molecule has 2 amide bonds. The van der Waals surface area contributed by atoms with Gasteiger partial charge in [-0.2, -0.15) is 0 Å². The van der Waals surface area contributed by atoms with E-state index >= 15 is 0 Å². The minimum atomic E-state index is -1.41. The summed E-state index contributed by atoms with van der Waals surface area (Å²) >= 11 is 8.83. The van der Waals surface area contributed by atoms with E-state index in [1.165, 1.54) is 14.4 Å². The predicted molar refractivity (Wildman–Crippen MR) is 232 cm³/mol. The number of nitrogens with zero attached hydrogens (tertiary/aromatic N) is 5. The van der Waals surface area contributed by atoms with Crippen LogP contribution in [0.15, 0.2) is 92.0 Å². The van der Waals surface area contributed by atoms with Gasteiger partial charge in [0.2, 0.25) is 0 Å². The van der Waals surface area contributed by atoms with Crippen LogP contribution < -0.4 is 155 Å². The molecule has 61 heavy (non-hydrogen) atoms. The maximum atomic E-state index is 13.2. The van der Waals surface area contributed by atoms with Crippen molar-refractivity contribution in [3.63, 3.8) is 0 Å². The van der Waals surface area contributed by atoms with Crippen LogP contribution in [0.1, 0.15) is 71.3 Å². The summed E-state index contributed by atoms with van der Waals surface area (Å²) in [4.78, 5) is 76.3. The van der Waals surface area contributed by atoms with Gasteiger partial charge in [0.15, 0.2) is 34.6 Å². The van der Waals surface area contributed by atoms with E-state index in [2.05, 4.69) is 51.7 Å². The first-order valence-electron chi connectivity index (χ1n) is 17.7. The number of aromatic nitrogens is 2. The average molecular weight is 1330 g/mol. The van der Waals surface area contributed by atoms with Gasteiger partial charge in [-0.25, -0.2) is 14.4 Å². The number of alkyl halides is 3. The van der Waals surface area contributed by atoms with E-state index < -0.39 is 17.8 Å². The molecule has 2 aliphatic rings. The van der Waals surface area contributed by atoms with Gasteiger partial charge in [0.1, 0.15) is 6.67 Å². The van der Waals surface area contributed by atoms with Gasteiger partial charge in [0.05, 0.1) is 24.6 Å². The van der Waals surface area contributed by atoms with Crippen LogP contribution in [-0.4, -0.2) is 93.0 Å². The minimum absolute atomic E-state index is 0. The number of benzene rings is 2. The Morgan fingerprint density at radius 1 is 0.852 bits per heavy atom. The number of halogens is 5. The van der Waals surface area contributed by atoms with Gasteiger partial charge in [0.25, 0.3) is 18.3 Å². The van der Waals surface area contributed by atoms with Crippen LogP contribution in [0.2, 0.25) is 0 Å². The molecule has 5 N–H and O–H groups in total. The number of amides is 2. The van der Waals surface area contributed by atoms with Crippen molar-refractivity contribution in [3.8, 4) is 0 Å². The fraction of sp³-hybridized carbons (Fsp3) is 0.308. The van der Waals surface area contributed by atoms with Gasteiger partial charge in [-0.05, 0) is 47.5 Å². The second-order valence-electron chi connectivity index (χ2n) is 12.5. The summed E-state index contributed by atoms with van der Waals surface area (Å²) in [5.74, 6) is -0.513. The molecular formula is C39H43Br2Cs2F2IN8O7. The molecule has 2 aromatic heterocycles. The topological polar surface area (TPSA) is 222 Å². The number of rotatable bonds is 12. The van der Waals surface area contributed by atoms with Crippen molar-refractivity contribution in [2.45, 2.75) is 44.3 Å². The summed E-state index contributed by atoms with van der Waals surface area (Å²) in [6.07, 6.45) is 3.93. The van der Waals surface area contributed by atoms with Crippen molar-refractivity contribution in [2.24, 2.45) is 21.5 Å². The number of hydrogen-bond acceptors (Lipinski definition) is 11. The van der Waals surface area contributed by atoms with E-state index in [4.69, 9.17) is 21.5 Å². The van der Waals surface area contributed by atoms with Crippen LogP contribution in [0.4, 0.5) is 8.78 Å². The Kier molecular flexibility index (Phi) is 26.5. The summed E-state index contributed by atoms with van der Waals surface area (Å²) in [7, 11) is 3.14. The quantitative estimate of drug-likeness (QED) is 0.0403. The zero-order valence-corrected chi connectivity index (χ0v) is 52.3. The van der Waals surface area contributed by atoms with Gasteiger partial charge >= 0.3 is 138 Å². The summed E-state index contributed by atoms with van der Waals surface area (Å²) < 4.78 is 27.5. The average Bonchev–Trinajstić information content (AvgIpc) is 4.01. The molecule has 2 aromatic carbocycles. The zero-order valence-electron chi connectivity index (χ0n) is 35.4. The second kappa shape index (κ2) is 27.7. The number of Topliss-reactive ketones (excluding diaryl/α,β-unsaturated/α-hetero) is 2. The van der Waals surface area contributed by atoms with Gasteiger partial charge in [-0.1, -0.05) is 92.6 Å². The number of hydrogen-bond donors (Lipinski definition) is 3. The first kappa shape index (κ1) is 58.3. The molecule has 0 bridgehead atoms. The zero-order chi connectivity index (χ0) is 44.1. The van der Waals surface area contributed by atoms with Crippen molar-refractivity contribution in [2.75, 3.05) is 31.9 Å².